The molecule has 1 aliphatic rings. The Morgan fingerprint density at radius 2 is 1.26 bits per heavy atom. The van der Waals surface area contributed by atoms with Gasteiger partial charge in [0.1, 0.15) is 5.58 Å². The molecule has 0 saturated carbocycles. The predicted octanol–water partition coefficient (Wildman–Crippen LogP) is 12.1. The van der Waals surface area contributed by atoms with Gasteiger partial charge in [0.25, 0.3) is 0 Å². The van der Waals surface area contributed by atoms with E-state index in [4.69, 9.17) is 4.42 Å². The Hall–Kier alpha value is -5.93. The molecule has 0 bridgehead atoms. The topological polar surface area (TPSA) is 38.1 Å². The minimum absolute atomic E-state index is 0.115. The van der Waals surface area contributed by atoms with Gasteiger partial charge in [0, 0.05) is 23.3 Å². The third-order valence-electron chi connectivity index (χ3n) is 8.96. The van der Waals surface area contributed by atoms with E-state index in [2.05, 4.69) is 138 Å². The lowest BCUT2D eigenvalue weighted by atomic mass is 9.87. The summed E-state index contributed by atoms with van der Waals surface area (Å²) in [4.78, 5) is 4.46. The van der Waals surface area contributed by atoms with E-state index >= 15 is 0 Å². The first-order valence-electron chi connectivity index (χ1n) is 16.3. The second-order valence-electron chi connectivity index (χ2n) is 11.6. The highest BCUT2D eigenvalue weighted by molar-refractivity contribution is 6.14. The Balaban J connectivity index is 0.00000159. The molecule has 9 rings (SSSR count). The molecule has 3 heterocycles. The highest BCUT2D eigenvalue weighted by Crippen LogP contribution is 2.46. The van der Waals surface area contributed by atoms with Gasteiger partial charge in [0.15, 0.2) is 0 Å². The van der Waals surface area contributed by atoms with E-state index in [1.807, 2.05) is 44.4 Å². The molecule has 0 fully saturated rings. The zero-order chi connectivity index (χ0) is 31.7. The monoisotopic (exact) mass is 606 g/mol. The third-order valence-corrected chi connectivity index (χ3v) is 8.96. The minimum atomic E-state index is -0.115. The zero-order valence-corrected chi connectivity index (χ0v) is 26.4. The number of nitrogens with zero attached hydrogens (tertiary/aromatic N) is 1. The summed E-state index contributed by atoms with van der Waals surface area (Å²) in [5.41, 5.74) is 10.1. The van der Waals surface area contributed by atoms with Crippen molar-refractivity contribution in [3.8, 4) is 22.3 Å². The normalized spacial score (nSPS) is 13.8. The Labute approximate surface area is 274 Å². The maximum Gasteiger partial charge on any atom is 0.202 e. The molecule has 3 nitrogen and oxygen atoms in total. The molecule has 1 N–H and O–H groups in total. The Kier molecular flexibility index (Phi) is 7.35. The highest BCUT2D eigenvalue weighted by atomic mass is 16.4. The van der Waals surface area contributed by atoms with Gasteiger partial charge in [-0.15, -0.1) is 0 Å². The molecule has 8 aromatic rings. The number of pyridine rings is 1. The maximum atomic E-state index is 6.47. The van der Waals surface area contributed by atoms with Crippen LogP contribution in [0.25, 0.3) is 60.3 Å². The van der Waals surface area contributed by atoms with Gasteiger partial charge in [-0.1, -0.05) is 117 Å². The van der Waals surface area contributed by atoms with E-state index in [1.54, 1.807) is 0 Å². The summed E-state index contributed by atoms with van der Waals surface area (Å²) in [6, 6.07) is 49.6. The van der Waals surface area contributed by atoms with E-state index in [0.29, 0.717) is 0 Å². The van der Waals surface area contributed by atoms with Crippen LogP contribution in [0.15, 0.2) is 162 Å². The van der Waals surface area contributed by atoms with Crippen molar-refractivity contribution in [2.45, 2.75) is 19.9 Å². The molecule has 0 spiro atoms. The summed E-state index contributed by atoms with van der Waals surface area (Å²) < 4.78 is 6.47. The maximum absolute atomic E-state index is 6.47. The Morgan fingerprint density at radius 3 is 2.06 bits per heavy atom. The van der Waals surface area contributed by atoms with Gasteiger partial charge in [0.05, 0.1) is 11.6 Å². The number of rotatable bonds is 4. The fourth-order valence-corrected chi connectivity index (χ4v) is 6.87. The molecule has 6 aromatic carbocycles. The third kappa shape index (κ3) is 5.07. The second kappa shape index (κ2) is 12.1. The predicted molar refractivity (Wildman–Crippen MR) is 198 cm³/mol. The standard InChI is InChI=1S/C42H28N2O.C2H6/c1-2-11-27(12-3-1)38-25-39(44-42-41(38)36-18-8-9-19-40(36)45-42)32-22-30(29-14-10-20-43-26-29)21-31(23-32)37-24-28-13-4-5-15-33(28)34-16-6-7-17-35(34)37;1-2/h1-26,39,44H;1-2H3. The number of furan rings is 1. The fourth-order valence-electron chi connectivity index (χ4n) is 6.87. The number of nitrogens with one attached hydrogen (secondary N) is 1. The number of anilines is 1. The fraction of sp³-hybridized carbons (Fsp3) is 0.0682. The Morgan fingerprint density at radius 1 is 0.574 bits per heavy atom. The molecule has 0 amide bonds. The summed E-state index contributed by atoms with van der Waals surface area (Å²) in [5, 5.41) is 9.87. The van der Waals surface area contributed by atoms with Crippen molar-refractivity contribution in [3.05, 3.63) is 175 Å². The van der Waals surface area contributed by atoms with Crippen LogP contribution in [0, 0.1) is 0 Å². The molecule has 3 heteroatoms. The number of hydrogen-bond donors (Lipinski definition) is 1. The highest BCUT2D eigenvalue weighted by Gasteiger charge is 2.27. The van der Waals surface area contributed by atoms with E-state index in [1.165, 1.54) is 43.8 Å². The van der Waals surface area contributed by atoms with Crippen molar-refractivity contribution >= 4 is 44.0 Å². The number of benzene rings is 6. The van der Waals surface area contributed by atoms with Crippen molar-refractivity contribution in [1.29, 1.82) is 0 Å². The van der Waals surface area contributed by atoms with Gasteiger partial charge in [0.2, 0.25) is 5.88 Å². The molecule has 0 aliphatic carbocycles. The number of aromatic nitrogens is 1. The molecule has 0 radical (unpaired) electrons. The van der Waals surface area contributed by atoms with Gasteiger partial charge in [-0.05, 0) is 97.4 Å². The van der Waals surface area contributed by atoms with Crippen LogP contribution < -0.4 is 5.32 Å². The largest absolute Gasteiger partial charge is 0.440 e. The van der Waals surface area contributed by atoms with Crippen LogP contribution in [0.4, 0.5) is 5.88 Å². The van der Waals surface area contributed by atoms with Crippen LogP contribution in [-0.4, -0.2) is 4.98 Å². The first-order valence-corrected chi connectivity index (χ1v) is 16.3. The summed E-state index contributed by atoms with van der Waals surface area (Å²) in [6.07, 6.45) is 6.12. The average molecular weight is 607 g/mol. The molecule has 0 saturated heterocycles. The summed E-state index contributed by atoms with van der Waals surface area (Å²) in [5.74, 6) is 0.798. The Bertz CT molecular complexity index is 2400. The first-order chi connectivity index (χ1) is 23.3. The second-order valence-corrected chi connectivity index (χ2v) is 11.6. The minimum Gasteiger partial charge on any atom is -0.440 e. The number of hydrogen-bond acceptors (Lipinski definition) is 3. The van der Waals surface area contributed by atoms with Crippen LogP contribution >= 0.6 is 0 Å². The summed E-state index contributed by atoms with van der Waals surface area (Å²) in [7, 11) is 0. The van der Waals surface area contributed by atoms with E-state index in [9.17, 15) is 0 Å². The molecule has 1 unspecified atom stereocenters. The summed E-state index contributed by atoms with van der Waals surface area (Å²) >= 11 is 0. The van der Waals surface area contributed by atoms with Gasteiger partial charge in [-0.2, -0.15) is 0 Å². The molecular weight excluding hydrogens is 572 g/mol. The van der Waals surface area contributed by atoms with Gasteiger partial charge in [-0.3, -0.25) is 4.98 Å². The van der Waals surface area contributed by atoms with Crippen LogP contribution in [-0.2, 0) is 0 Å². The molecule has 1 aliphatic heterocycles. The lowest BCUT2D eigenvalue weighted by molar-refractivity contribution is 0.618. The molecule has 1 atom stereocenters. The van der Waals surface area contributed by atoms with Crippen LogP contribution in [0.2, 0.25) is 0 Å². The van der Waals surface area contributed by atoms with Gasteiger partial charge < -0.3 is 9.73 Å². The first kappa shape index (κ1) is 28.5. The molecule has 47 heavy (non-hydrogen) atoms. The van der Waals surface area contributed by atoms with Crippen molar-refractivity contribution in [3.63, 3.8) is 0 Å². The zero-order valence-electron chi connectivity index (χ0n) is 26.4. The van der Waals surface area contributed by atoms with Crippen LogP contribution in [0.5, 0.6) is 0 Å². The van der Waals surface area contributed by atoms with Gasteiger partial charge >= 0.3 is 0 Å². The van der Waals surface area contributed by atoms with Gasteiger partial charge in [-0.25, -0.2) is 0 Å². The quantitative estimate of drug-likeness (QED) is 0.203. The van der Waals surface area contributed by atoms with Crippen LogP contribution in [0.3, 0.4) is 0 Å². The summed E-state index contributed by atoms with van der Waals surface area (Å²) in [6.45, 7) is 4.00. The number of para-hydroxylation sites is 1. The van der Waals surface area contributed by atoms with E-state index in [0.717, 1.165) is 39.1 Å². The number of fused-ring (bicyclic) bond motifs is 6. The van der Waals surface area contributed by atoms with Crippen LogP contribution in [0.1, 0.15) is 36.6 Å². The SMILES string of the molecule is C1=C(c2ccccc2)c2c(oc3ccccc23)NC1c1cc(-c2cccnc2)cc(-c2cc3ccccc3c3ccccc23)c1.CC. The smallest absolute Gasteiger partial charge is 0.202 e. The van der Waals surface area contributed by atoms with Crippen molar-refractivity contribution in [2.24, 2.45) is 0 Å². The van der Waals surface area contributed by atoms with E-state index < -0.39 is 0 Å². The van der Waals surface area contributed by atoms with Crippen molar-refractivity contribution < 1.29 is 4.42 Å². The lowest BCUT2D eigenvalue weighted by Crippen LogP contribution is -2.14. The molecule has 2 aromatic heterocycles. The lowest BCUT2D eigenvalue weighted by Gasteiger charge is -2.25. The average Bonchev–Trinajstić information content (AvgIpc) is 3.54. The van der Waals surface area contributed by atoms with E-state index in [-0.39, 0.29) is 6.04 Å². The molecular formula is C44H34N2O. The molecule has 226 valence electrons. The van der Waals surface area contributed by atoms with Crippen molar-refractivity contribution in [2.75, 3.05) is 5.32 Å². The van der Waals surface area contributed by atoms with Crippen molar-refractivity contribution in [1.82, 2.24) is 4.98 Å².